The summed E-state index contributed by atoms with van der Waals surface area (Å²) >= 11 is 0. The lowest BCUT2D eigenvalue weighted by Gasteiger charge is -2.25. The fourth-order valence-corrected chi connectivity index (χ4v) is 4.14. The van der Waals surface area contributed by atoms with Gasteiger partial charge in [-0.25, -0.2) is 5.10 Å². The van der Waals surface area contributed by atoms with Crippen molar-refractivity contribution < 1.29 is 9.90 Å². The van der Waals surface area contributed by atoms with E-state index < -0.39 is 11.9 Å². The summed E-state index contributed by atoms with van der Waals surface area (Å²) in [5, 5.41) is 31.4. The molecule has 3 aromatic carbocycles. The van der Waals surface area contributed by atoms with E-state index in [1.165, 1.54) is 0 Å². The highest BCUT2D eigenvalue weighted by Crippen LogP contribution is 2.37. The van der Waals surface area contributed by atoms with Crippen LogP contribution in [0.25, 0.3) is 22.6 Å². The van der Waals surface area contributed by atoms with Crippen molar-refractivity contribution in [3.8, 4) is 22.6 Å². The number of carboxylic acids is 1. The molecule has 0 aliphatic rings. The number of carbonyl (C=O) groups is 1. The minimum absolute atomic E-state index is 0.466. The van der Waals surface area contributed by atoms with Gasteiger partial charge in [-0.3, -0.25) is 9.89 Å². The number of carboxylic acid groups (broad SMARTS) is 1. The van der Waals surface area contributed by atoms with Crippen LogP contribution in [0, 0.1) is 5.92 Å². The SMILES string of the molecule is O=C(O)C([C](Cc1cccc(-c2cc[nH]n2)c1)c1ccccc1)c1cccc(-c2nnn[nH]2)c1. The molecule has 0 bridgehead atoms. The zero-order valence-corrected chi connectivity index (χ0v) is 18.1. The van der Waals surface area contributed by atoms with Gasteiger partial charge in [0.05, 0.1) is 11.6 Å². The van der Waals surface area contributed by atoms with Crippen LogP contribution in [0.15, 0.2) is 91.1 Å². The molecule has 0 aliphatic heterocycles. The van der Waals surface area contributed by atoms with Crippen LogP contribution >= 0.6 is 0 Å². The highest BCUT2D eigenvalue weighted by Gasteiger charge is 2.32. The molecule has 0 saturated carbocycles. The zero-order valence-electron chi connectivity index (χ0n) is 18.1. The molecule has 2 heterocycles. The van der Waals surface area contributed by atoms with Crippen molar-refractivity contribution in [3.63, 3.8) is 0 Å². The minimum atomic E-state index is -0.921. The monoisotopic (exact) mass is 449 g/mol. The third-order valence-corrected chi connectivity index (χ3v) is 5.70. The molecule has 1 atom stereocenters. The van der Waals surface area contributed by atoms with E-state index in [1.54, 1.807) is 6.20 Å². The van der Waals surface area contributed by atoms with Gasteiger partial charge < -0.3 is 5.11 Å². The molecule has 1 radical (unpaired) electrons. The molecule has 0 fully saturated rings. The maximum absolute atomic E-state index is 12.7. The number of aromatic nitrogens is 6. The molecule has 0 amide bonds. The van der Waals surface area contributed by atoms with E-state index in [2.05, 4.69) is 36.9 Å². The summed E-state index contributed by atoms with van der Waals surface area (Å²) < 4.78 is 0. The average molecular weight is 449 g/mol. The lowest BCUT2D eigenvalue weighted by atomic mass is 9.77. The number of benzene rings is 3. The van der Waals surface area contributed by atoms with Crippen LogP contribution < -0.4 is 0 Å². The number of tetrazole rings is 1. The van der Waals surface area contributed by atoms with Crippen molar-refractivity contribution in [2.24, 2.45) is 0 Å². The maximum Gasteiger partial charge on any atom is 0.311 e. The molecule has 2 aromatic heterocycles. The molecule has 0 spiro atoms. The van der Waals surface area contributed by atoms with Gasteiger partial charge in [0.1, 0.15) is 0 Å². The second kappa shape index (κ2) is 9.50. The number of aliphatic carboxylic acids is 1. The number of aromatic amines is 2. The van der Waals surface area contributed by atoms with Crippen molar-refractivity contribution in [1.29, 1.82) is 0 Å². The van der Waals surface area contributed by atoms with Crippen LogP contribution in [-0.2, 0) is 11.2 Å². The number of rotatable bonds is 8. The molecule has 3 N–H and O–H groups in total. The second-order valence-electron chi connectivity index (χ2n) is 7.87. The number of nitrogens with one attached hydrogen (secondary N) is 2. The molecular weight excluding hydrogens is 428 g/mol. The van der Waals surface area contributed by atoms with E-state index in [9.17, 15) is 9.90 Å². The molecule has 34 heavy (non-hydrogen) atoms. The lowest BCUT2D eigenvalue weighted by molar-refractivity contribution is -0.138. The molecule has 0 saturated heterocycles. The predicted octanol–water partition coefficient (Wildman–Crippen LogP) is 4.29. The first-order chi connectivity index (χ1) is 16.7. The smallest absolute Gasteiger partial charge is 0.311 e. The largest absolute Gasteiger partial charge is 0.481 e. The van der Waals surface area contributed by atoms with Crippen LogP contribution in [0.4, 0.5) is 0 Å². The van der Waals surface area contributed by atoms with E-state index in [1.807, 2.05) is 78.9 Å². The van der Waals surface area contributed by atoms with Crippen LogP contribution in [0.2, 0.25) is 0 Å². The van der Waals surface area contributed by atoms with Crippen LogP contribution in [-0.4, -0.2) is 41.9 Å². The molecule has 8 nitrogen and oxygen atoms in total. The Morgan fingerprint density at radius 1 is 0.912 bits per heavy atom. The van der Waals surface area contributed by atoms with Gasteiger partial charge in [0.25, 0.3) is 0 Å². The van der Waals surface area contributed by atoms with E-state index in [-0.39, 0.29) is 0 Å². The fraction of sp³-hybridized carbons (Fsp3) is 0.0769. The first-order valence-corrected chi connectivity index (χ1v) is 10.8. The van der Waals surface area contributed by atoms with Crippen molar-refractivity contribution in [2.45, 2.75) is 12.3 Å². The Labute approximate surface area is 195 Å². The molecule has 1 unspecified atom stereocenters. The highest BCUT2D eigenvalue weighted by molar-refractivity contribution is 5.81. The third kappa shape index (κ3) is 4.47. The van der Waals surface area contributed by atoms with Gasteiger partial charge in [-0.15, -0.1) is 5.10 Å². The van der Waals surface area contributed by atoms with E-state index >= 15 is 0 Å². The van der Waals surface area contributed by atoms with Crippen molar-refractivity contribution in [3.05, 3.63) is 114 Å². The summed E-state index contributed by atoms with van der Waals surface area (Å²) in [6.45, 7) is 0. The van der Waals surface area contributed by atoms with E-state index in [0.29, 0.717) is 17.8 Å². The molecular formula is C26H21N6O2. The third-order valence-electron chi connectivity index (χ3n) is 5.70. The summed E-state index contributed by atoms with van der Waals surface area (Å²) in [6, 6.07) is 26.9. The van der Waals surface area contributed by atoms with Crippen LogP contribution in [0.5, 0.6) is 0 Å². The Kier molecular flexibility index (Phi) is 5.94. The molecule has 5 aromatic rings. The van der Waals surface area contributed by atoms with E-state index in [4.69, 9.17) is 0 Å². The first-order valence-electron chi connectivity index (χ1n) is 10.8. The van der Waals surface area contributed by atoms with Crippen molar-refractivity contribution >= 4 is 5.97 Å². The first kappa shape index (κ1) is 21.3. The molecule has 0 aliphatic carbocycles. The standard InChI is InChI=1S/C26H21N6O2/c33-26(34)24(20-10-5-11-21(16-20)25-29-31-32-30-25)22(18-7-2-1-3-8-18)15-17-6-4-9-19(14-17)23-12-13-27-28-23/h1-14,16,24H,15H2,(H,27,28)(H,33,34)(H,29,30,31,32). The summed E-state index contributed by atoms with van der Waals surface area (Å²) in [5.74, 6) is -0.499. The second-order valence-corrected chi connectivity index (χ2v) is 7.87. The van der Waals surface area contributed by atoms with Crippen molar-refractivity contribution in [2.75, 3.05) is 0 Å². The van der Waals surface area contributed by atoms with Crippen LogP contribution in [0.3, 0.4) is 0 Å². The van der Waals surface area contributed by atoms with Gasteiger partial charge in [0, 0.05) is 23.2 Å². The average Bonchev–Trinajstić information content (AvgIpc) is 3.59. The normalized spacial score (nSPS) is 12.0. The number of hydrogen-bond donors (Lipinski definition) is 3. The Morgan fingerprint density at radius 2 is 1.74 bits per heavy atom. The quantitative estimate of drug-likeness (QED) is 0.325. The van der Waals surface area contributed by atoms with E-state index in [0.717, 1.165) is 33.9 Å². The van der Waals surface area contributed by atoms with Crippen LogP contribution in [0.1, 0.15) is 22.6 Å². The van der Waals surface area contributed by atoms with Gasteiger partial charge in [0.15, 0.2) is 5.82 Å². The Morgan fingerprint density at radius 3 is 2.47 bits per heavy atom. The maximum atomic E-state index is 12.7. The predicted molar refractivity (Wildman–Crippen MR) is 127 cm³/mol. The molecule has 5 rings (SSSR count). The fourth-order valence-electron chi connectivity index (χ4n) is 4.14. The van der Waals surface area contributed by atoms with Gasteiger partial charge in [-0.1, -0.05) is 66.7 Å². The summed E-state index contributed by atoms with van der Waals surface area (Å²) in [6.07, 6.45) is 2.24. The summed E-state index contributed by atoms with van der Waals surface area (Å²) in [4.78, 5) is 12.7. The number of hydrogen-bond acceptors (Lipinski definition) is 5. The minimum Gasteiger partial charge on any atom is -0.481 e. The summed E-state index contributed by atoms with van der Waals surface area (Å²) in [7, 11) is 0. The number of H-pyrrole nitrogens is 2. The van der Waals surface area contributed by atoms with Gasteiger partial charge in [-0.2, -0.15) is 5.10 Å². The lowest BCUT2D eigenvalue weighted by Crippen LogP contribution is -2.23. The number of nitrogens with zero attached hydrogens (tertiary/aromatic N) is 4. The van der Waals surface area contributed by atoms with Gasteiger partial charge >= 0.3 is 5.97 Å². The molecule has 167 valence electrons. The highest BCUT2D eigenvalue weighted by atomic mass is 16.4. The summed E-state index contributed by atoms with van der Waals surface area (Å²) in [5.41, 5.74) is 5.07. The van der Waals surface area contributed by atoms with Crippen molar-refractivity contribution in [1.82, 2.24) is 30.8 Å². The Balaban J connectivity index is 1.56. The Hall–Kier alpha value is -4.59. The topological polar surface area (TPSA) is 120 Å². The molecule has 8 heteroatoms. The Bertz CT molecular complexity index is 1370. The van der Waals surface area contributed by atoms with Gasteiger partial charge in [-0.05, 0) is 51.7 Å². The zero-order chi connectivity index (χ0) is 23.3. The van der Waals surface area contributed by atoms with Gasteiger partial charge in [0.2, 0.25) is 0 Å².